The van der Waals surface area contributed by atoms with Crippen LogP contribution in [0.25, 0.3) is 0 Å². The predicted molar refractivity (Wildman–Crippen MR) is 105 cm³/mol. The van der Waals surface area contributed by atoms with E-state index in [-0.39, 0.29) is 16.8 Å². The maximum absolute atomic E-state index is 12.6. The molecular formula is C21H24N2O3S. The Bertz CT molecular complexity index is 957. The fourth-order valence-electron chi connectivity index (χ4n) is 4.40. The summed E-state index contributed by atoms with van der Waals surface area (Å²) < 4.78 is 27.6. The first-order valence-electron chi connectivity index (χ1n) is 9.42. The van der Waals surface area contributed by atoms with Crippen molar-refractivity contribution in [2.45, 2.75) is 43.5 Å². The van der Waals surface area contributed by atoms with Gasteiger partial charge in [0.05, 0.1) is 10.6 Å². The van der Waals surface area contributed by atoms with E-state index in [1.165, 1.54) is 19.3 Å². The zero-order chi connectivity index (χ0) is 19.0. The van der Waals surface area contributed by atoms with Gasteiger partial charge >= 0.3 is 0 Å². The molecule has 0 heterocycles. The fraction of sp³-hybridized carbons (Fsp3) is 0.381. The molecule has 6 heteroatoms. The maximum atomic E-state index is 12.6. The third-order valence-corrected chi connectivity index (χ3v) is 7.22. The summed E-state index contributed by atoms with van der Waals surface area (Å²) in [5, 5.41) is 3.17. The number of rotatable bonds is 5. The minimum absolute atomic E-state index is 0.0758. The minimum atomic E-state index is -3.64. The monoisotopic (exact) mass is 384 g/mol. The Morgan fingerprint density at radius 3 is 2.44 bits per heavy atom. The standard InChI is InChI=1S/C21H24N2O3S/c1-14-11-17(21(24)22-20-13-15-7-8-16(20)12-15)9-10-19(14)23-27(25,26)18-5-3-2-4-6-18/h2-6,9-11,15-16,20,23H,7-8,12-13H2,1H3,(H,22,24)/t15-,16-,20+/m0/s1. The van der Waals surface area contributed by atoms with E-state index in [1.807, 2.05) is 0 Å². The van der Waals surface area contributed by atoms with Gasteiger partial charge in [0.2, 0.25) is 0 Å². The Morgan fingerprint density at radius 2 is 1.81 bits per heavy atom. The number of sulfonamides is 1. The van der Waals surface area contributed by atoms with E-state index in [2.05, 4.69) is 10.0 Å². The Morgan fingerprint density at radius 1 is 1.04 bits per heavy atom. The molecule has 27 heavy (non-hydrogen) atoms. The van der Waals surface area contributed by atoms with Crippen molar-refractivity contribution >= 4 is 21.6 Å². The van der Waals surface area contributed by atoms with Crippen LogP contribution in [-0.2, 0) is 10.0 Å². The zero-order valence-corrected chi connectivity index (χ0v) is 16.1. The topological polar surface area (TPSA) is 75.3 Å². The number of carbonyl (C=O) groups excluding carboxylic acids is 1. The quantitative estimate of drug-likeness (QED) is 0.825. The van der Waals surface area contributed by atoms with Crippen molar-refractivity contribution in [2.24, 2.45) is 11.8 Å². The molecule has 0 saturated heterocycles. The summed E-state index contributed by atoms with van der Waals surface area (Å²) in [4.78, 5) is 12.8. The number of fused-ring (bicyclic) bond motifs is 2. The molecule has 1 amide bonds. The van der Waals surface area contributed by atoms with Crippen LogP contribution in [-0.4, -0.2) is 20.4 Å². The highest BCUT2D eigenvalue weighted by Gasteiger charge is 2.40. The van der Waals surface area contributed by atoms with Gasteiger partial charge in [0.25, 0.3) is 15.9 Å². The van der Waals surface area contributed by atoms with Crippen LogP contribution in [0.5, 0.6) is 0 Å². The smallest absolute Gasteiger partial charge is 0.261 e. The summed E-state index contributed by atoms with van der Waals surface area (Å²) in [5.74, 6) is 1.32. The van der Waals surface area contributed by atoms with E-state index < -0.39 is 10.0 Å². The molecular weight excluding hydrogens is 360 g/mol. The number of hydrogen-bond donors (Lipinski definition) is 2. The molecule has 2 fully saturated rings. The van der Waals surface area contributed by atoms with Crippen LogP contribution in [0, 0.1) is 18.8 Å². The first kappa shape index (κ1) is 18.0. The number of nitrogens with one attached hydrogen (secondary N) is 2. The van der Waals surface area contributed by atoms with Gasteiger partial charge < -0.3 is 5.32 Å². The van der Waals surface area contributed by atoms with E-state index in [9.17, 15) is 13.2 Å². The van der Waals surface area contributed by atoms with Crippen LogP contribution in [0.4, 0.5) is 5.69 Å². The molecule has 3 atom stereocenters. The molecule has 2 bridgehead atoms. The average Bonchev–Trinajstić information content (AvgIpc) is 3.27. The van der Waals surface area contributed by atoms with Gasteiger partial charge in [0.1, 0.15) is 0 Å². The van der Waals surface area contributed by atoms with Gasteiger partial charge in [-0.05, 0) is 73.9 Å². The van der Waals surface area contributed by atoms with E-state index >= 15 is 0 Å². The lowest BCUT2D eigenvalue weighted by Crippen LogP contribution is -2.38. The Hall–Kier alpha value is -2.34. The highest BCUT2D eigenvalue weighted by atomic mass is 32.2. The van der Waals surface area contributed by atoms with Crippen LogP contribution in [0.1, 0.15) is 41.6 Å². The molecule has 2 aromatic rings. The predicted octanol–water partition coefficient (Wildman–Crippen LogP) is 3.71. The Balaban J connectivity index is 1.47. The summed E-state index contributed by atoms with van der Waals surface area (Å²) >= 11 is 0. The van der Waals surface area contributed by atoms with Crippen LogP contribution < -0.4 is 10.0 Å². The molecule has 2 saturated carbocycles. The average molecular weight is 385 g/mol. The van der Waals surface area contributed by atoms with Crippen molar-refractivity contribution in [3.05, 3.63) is 59.7 Å². The van der Waals surface area contributed by atoms with E-state index in [4.69, 9.17) is 0 Å². The number of carbonyl (C=O) groups is 1. The normalized spacial score (nSPS) is 24.0. The van der Waals surface area contributed by atoms with E-state index in [0.29, 0.717) is 17.2 Å². The van der Waals surface area contributed by atoms with Crippen LogP contribution in [0.15, 0.2) is 53.4 Å². The van der Waals surface area contributed by atoms with Crippen molar-refractivity contribution in [2.75, 3.05) is 4.72 Å². The van der Waals surface area contributed by atoms with Gasteiger partial charge in [-0.25, -0.2) is 8.42 Å². The summed E-state index contributed by atoms with van der Waals surface area (Å²) in [5.41, 5.74) is 1.77. The Kier molecular flexibility index (Phi) is 4.68. The molecule has 0 spiro atoms. The molecule has 2 aliphatic rings. The number of aryl methyl sites for hydroxylation is 1. The molecule has 0 aliphatic heterocycles. The number of amides is 1. The molecule has 142 valence electrons. The molecule has 0 unspecified atom stereocenters. The second kappa shape index (κ2) is 7.00. The van der Waals surface area contributed by atoms with Crippen LogP contribution in [0.2, 0.25) is 0 Å². The lowest BCUT2D eigenvalue weighted by molar-refractivity contribution is 0.0923. The van der Waals surface area contributed by atoms with Crippen molar-refractivity contribution < 1.29 is 13.2 Å². The molecule has 0 aromatic heterocycles. The summed E-state index contributed by atoms with van der Waals surface area (Å²) in [6, 6.07) is 13.6. The van der Waals surface area contributed by atoms with Gasteiger partial charge in [-0.15, -0.1) is 0 Å². The molecule has 2 N–H and O–H groups in total. The third kappa shape index (κ3) is 3.72. The summed E-state index contributed by atoms with van der Waals surface area (Å²) in [6.45, 7) is 1.80. The lowest BCUT2D eigenvalue weighted by Gasteiger charge is -2.23. The molecule has 5 nitrogen and oxygen atoms in total. The van der Waals surface area contributed by atoms with Gasteiger partial charge in [0.15, 0.2) is 0 Å². The first-order chi connectivity index (χ1) is 12.9. The van der Waals surface area contributed by atoms with E-state index in [1.54, 1.807) is 55.5 Å². The van der Waals surface area contributed by atoms with Gasteiger partial charge in [-0.3, -0.25) is 9.52 Å². The highest BCUT2D eigenvalue weighted by molar-refractivity contribution is 7.92. The minimum Gasteiger partial charge on any atom is -0.349 e. The maximum Gasteiger partial charge on any atom is 0.261 e. The molecule has 2 aliphatic carbocycles. The van der Waals surface area contributed by atoms with Gasteiger partial charge in [0, 0.05) is 11.6 Å². The molecule has 0 radical (unpaired) electrons. The fourth-order valence-corrected chi connectivity index (χ4v) is 5.55. The molecule has 2 aromatic carbocycles. The third-order valence-electron chi connectivity index (χ3n) is 5.84. The largest absolute Gasteiger partial charge is 0.349 e. The van der Waals surface area contributed by atoms with Crippen LogP contribution >= 0.6 is 0 Å². The van der Waals surface area contributed by atoms with Crippen molar-refractivity contribution in [3.8, 4) is 0 Å². The summed E-state index contributed by atoms with van der Waals surface area (Å²) in [6.07, 6.45) is 4.84. The number of anilines is 1. The Labute approximate surface area is 160 Å². The second-order valence-corrected chi connectivity index (χ2v) is 9.39. The van der Waals surface area contributed by atoms with Crippen molar-refractivity contribution in [1.82, 2.24) is 5.32 Å². The zero-order valence-electron chi connectivity index (χ0n) is 15.3. The van der Waals surface area contributed by atoms with Crippen molar-refractivity contribution in [1.29, 1.82) is 0 Å². The van der Waals surface area contributed by atoms with Crippen molar-refractivity contribution in [3.63, 3.8) is 0 Å². The number of hydrogen-bond acceptors (Lipinski definition) is 3. The number of benzene rings is 2. The van der Waals surface area contributed by atoms with Gasteiger partial charge in [-0.2, -0.15) is 0 Å². The second-order valence-electron chi connectivity index (χ2n) is 7.70. The highest BCUT2D eigenvalue weighted by Crippen LogP contribution is 2.44. The summed E-state index contributed by atoms with van der Waals surface area (Å²) in [7, 11) is -3.64. The SMILES string of the molecule is Cc1cc(C(=O)N[C@@H]2C[C@H]3CC[C@H]2C3)ccc1NS(=O)(=O)c1ccccc1. The van der Waals surface area contributed by atoms with Crippen LogP contribution in [0.3, 0.4) is 0 Å². The van der Waals surface area contributed by atoms with E-state index in [0.717, 1.165) is 17.9 Å². The molecule has 4 rings (SSSR count). The van der Waals surface area contributed by atoms with Gasteiger partial charge in [-0.1, -0.05) is 24.6 Å². The first-order valence-corrected chi connectivity index (χ1v) is 10.9. The lowest BCUT2D eigenvalue weighted by atomic mass is 9.95.